The highest BCUT2D eigenvalue weighted by Gasteiger charge is 2.31. The van der Waals surface area contributed by atoms with Crippen LogP contribution in [0.4, 0.5) is 11.4 Å². The molecule has 3 rings (SSSR count). The fraction of sp³-hybridized carbons (Fsp3) is 0.222. The second kappa shape index (κ2) is 4.71. The normalized spacial score (nSPS) is 16.4. The number of benzene rings is 2. The third kappa shape index (κ3) is 2.18. The Bertz CT molecular complexity index is 641. The third-order valence-electron chi connectivity index (χ3n) is 3.73. The van der Waals surface area contributed by atoms with Gasteiger partial charge in [0, 0.05) is 5.56 Å². The van der Waals surface area contributed by atoms with Crippen molar-refractivity contribution in [2.24, 2.45) is 0 Å². The lowest BCUT2D eigenvalue weighted by Gasteiger charge is -2.43. The van der Waals surface area contributed by atoms with Crippen LogP contribution in [0.1, 0.15) is 26.3 Å². The number of fused-ring (bicyclic) bond motifs is 1. The first-order valence-corrected chi connectivity index (χ1v) is 6.99. The van der Waals surface area contributed by atoms with Gasteiger partial charge in [-0.05, 0) is 44.5 Å². The summed E-state index contributed by atoms with van der Waals surface area (Å²) in [7, 11) is 0. The van der Waals surface area contributed by atoms with Gasteiger partial charge >= 0.3 is 0 Å². The van der Waals surface area contributed by atoms with Crippen LogP contribution in [0.2, 0.25) is 0 Å². The SMILES string of the molecule is CC1=CC(C)(C)N(Nc2ccccc2)c2ccccc21. The predicted octanol–water partition coefficient (Wildman–Crippen LogP) is 4.72. The van der Waals surface area contributed by atoms with Crippen LogP contribution >= 0.6 is 0 Å². The van der Waals surface area contributed by atoms with Crippen molar-refractivity contribution in [1.29, 1.82) is 0 Å². The number of nitrogens with zero attached hydrogens (tertiary/aromatic N) is 1. The number of nitrogens with one attached hydrogen (secondary N) is 1. The van der Waals surface area contributed by atoms with E-state index in [1.54, 1.807) is 0 Å². The van der Waals surface area contributed by atoms with Crippen molar-refractivity contribution < 1.29 is 0 Å². The molecule has 0 spiro atoms. The molecular formula is C18H20N2. The lowest BCUT2D eigenvalue weighted by molar-refractivity contribution is 0.593. The van der Waals surface area contributed by atoms with E-state index in [1.807, 2.05) is 18.2 Å². The molecule has 102 valence electrons. The molecule has 0 unspecified atom stereocenters. The van der Waals surface area contributed by atoms with Gasteiger partial charge in [0.1, 0.15) is 0 Å². The average Bonchev–Trinajstić information content (AvgIpc) is 2.44. The lowest BCUT2D eigenvalue weighted by Crippen LogP contribution is -2.48. The summed E-state index contributed by atoms with van der Waals surface area (Å²) in [4.78, 5) is 0. The zero-order chi connectivity index (χ0) is 14.2. The Balaban J connectivity index is 2.05. The van der Waals surface area contributed by atoms with Crippen molar-refractivity contribution in [3.05, 3.63) is 66.2 Å². The maximum atomic E-state index is 3.54. The van der Waals surface area contributed by atoms with E-state index < -0.39 is 0 Å². The van der Waals surface area contributed by atoms with E-state index in [2.05, 4.69) is 73.7 Å². The molecule has 0 amide bonds. The van der Waals surface area contributed by atoms with Crippen LogP contribution in [-0.4, -0.2) is 5.54 Å². The van der Waals surface area contributed by atoms with Gasteiger partial charge in [0.05, 0.1) is 16.9 Å². The van der Waals surface area contributed by atoms with Crippen molar-refractivity contribution in [3.63, 3.8) is 0 Å². The Hall–Kier alpha value is -2.22. The highest BCUT2D eigenvalue weighted by Crippen LogP contribution is 2.38. The van der Waals surface area contributed by atoms with Crippen molar-refractivity contribution in [3.8, 4) is 0 Å². The molecule has 2 aromatic rings. The molecule has 2 aromatic carbocycles. The minimum Gasteiger partial charge on any atom is -0.298 e. The summed E-state index contributed by atoms with van der Waals surface area (Å²) in [6.07, 6.45) is 2.31. The Morgan fingerprint density at radius 2 is 1.55 bits per heavy atom. The first-order chi connectivity index (χ1) is 9.58. The number of rotatable bonds is 2. The van der Waals surface area contributed by atoms with Crippen molar-refractivity contribution in [2.75, 3.05) is 10.4 Å². The van der Waals surface area contributed by atoms with Gasteiger partial charge in [0.25, 0.3) is 0 Å². The van der Waals surface area contributed by atoms with E-state index in [4.69, 9.17) is 0 Å². The summed E-state index contributed by atoms with van der Waals surface area (Å²) >= 11 is 0. The zero-order valence-corrected chi connectivity index (χ0v) is 12.2. The van der Waals surface area contributed by atoms with Gasteiger partial charge in [0.2, 0.25) is 0 Å². The number of para-hydroxylation sites is 2. The summed E-state index contributed by atoms with van der Waals surface area (Å²) in [6, 6.07) is 18.8. The molecule has 0 radical (unpaired) electrons. The molecule has 0 saturated carbocycles. The van der Waals surface area contributed by atoms with E-state index >= 15 is 0 Å². The van der Waals surface area contributed by atoms with Gasteiger partial charge in [-0.25, -0.2) is 0 Å². The smallest absolute Gasteiger partial charge is 0.0742 e. The summed E-state index contributed by atoms with van der Waals surface area (Å²) < 4.78 is 0. The maximum absolute atomic E-state index is 3.54. The molecule has 20 heavy (non-hydrogen) atoms. The molecule has 0 bridgehead atoms. The molecule has 1 aliphatic rings. The zero-order valence-electron chi connectivity index (χ0n) is 12.2. The summed E-state index contributed by atoms with van der Waals surface area (Å²) in [5.41, 5.74) is 8.40. The first kappa shape index (κ1) is 12.8. The van der Waals surface area contributed by atoms with E-state index in [0.717, 1.165) is 5.69 Å². The summed E-state index contributed by atoms with van der Waals surface area (Å²) in [5, 5.41) is 2.24. The monoisotopic (exact) mass is 264 g/mol. The van der Waals surface area contributed by atoms with Crippen LogP contribution < -0.4 is 10.4 Å². The second-order valence-electron chi connectivity index (χ2n) is 5.81. The van der Waals surface area contributed by atoms with Crippen LogP contribution in [0.5, 0.6) is 0 Å². The molecule has 0 aliphatic carbocycles. The third-order valence-corrected chi connectivity index (χ3v) is 3.73. The van der Waals surface area contributed by atoms with Crippen molar-refractivity contribution in [1.82, 2.24) is 0 Å². The summed E-state index contributed by atoms with van der Waals surface area (Å²) in [5.74, 6) is 0. The predicted molar refractivity (Wildman–Crippen MR) is 86.7 cm³/mol. The van der Waals surface area contributed by atoms with Gasteiger partial charge < -0.3 is 0 Å². The highest BCUT2D eigenvalue weighted by molar-refractivity contribution is 5.82. The van der Waals surface area contributed by atoms with Gasteiger partial charge in [-0.1, -0.05) is 42.5 Å². The standard InChI is InChI=1S/C18H20N2/c1-14-13-18(2,3)20(17-12-8-7-11-16(14)17)19-15-9-5-4-6-10-15/h4-13,19H,1-3H3. The van der Waals surface area contributed by atoms with Gasteiger partial charge in [0.15, 0.2) is 0 Å². The first-order valence-electron chi connectivity index (χ1n) is 6.99. The number of hydrazine groups is 1. The molecule has 0 atom stereocenters. The number of allylic oxidation sites excluding steroid dienone is 1. The van der Waals surface area contributed by atoms with Gasteiger partial charge in [-0.15, -0.1) is 0 Å². The maximum Gasteiger partial charge on any atom is 0.0742 e. The average molecular weight is 264 g/mol. The molecule has 2 heteroatoms. The minimum absolute atomic E-state index is 0.0751. The minimum atomic E-state index is -0.0751. The van der Waals surface area contributed by atoms with Crippen LogP contribution in [-0.2, 0) is 0 Å². The largest absolute Gasteiger partial charge is 0.298 e. The van der Waals surface area contributed by atoms with E-state index in [0.29, 0.717) is 0 Å². The fourth-order valence-corrected chi connectivity index (χ4v) is 2.83. The molecule has 1 N–H and O–H groups in total. The van der Waals surface area contributed by atoms with E-state index in [9.17, 15) is 0 Å². The summed E-state index contributed by atoms with van der Waals surface area (Å²) in [6.45, 7) is 6.63. The number of hydrogen-bond donors (Lipinski definition) is 1. The molecule has 0 saturated heterocycles. The van der Waals surface area contributed by atoms with Crippen LogP contribution in [0.25, 0.3) is 5.57 Å². The Kier molecular flexibility index (Phi) is 3.01. The second-order valence-corrected chi connectivity index (χ2v) is 5.81. The molecule has 0 fully saturated rings. The van der Waals surface area contributed by atoms with Crippen LogP contribution in [0.15, 0.2) is 60.7 Å². The number of hydrogen-bond acceptors (Lipinski definition) is 2. The topological polar surface area (TPSA) is 15.3 Å². The van der Waals surface area contributed by atoms with Gasteiger partial charge in [-0.3, -0.25) is 10.4 Å². The van der Waals surface area contributed by atoms with Gasteiger partial charge in [-0.2, -0.15) is 0 Å². The molecular weight excluding hydrogens is 244 g/mol. The lowest BCUT2D eigenvalue weighted by atomic mass is 9.90. The Morgan fingerprint density at radius 3 is 2.30 bits per heavy atom. The highest BCUT2D eigenvalue weighted by atomic mass is 15.5. The van der Waals surface area contributed by atoms with Crippen molar-refractivity contribution in [2.45, 2.75) is 26.3 Å². The molecule has 0 aromatic heterocycles. The Morgan fingerprint density at radius 1 is 0.900 bits per heavy atom. The van der Waals surface area contributed by atoms with E-state index in [-0.39, 0.29) is 5.54 Å². The number of anilines is 2. The van der Waals surface area contributed by atoms with Crippen molar-refractivity contribution >= 4 is 16.9 Å². The fourth-order valence-electron chi connectivity index (χ4n) is 2.83. The van der Waals surface area contributed by atoms with Crippen LogP contribution in [0.3, 0.4) is 0 Å². The molecule has 1 heterocycles. The molecule has 2 nitrogen and oxygen atoms in total. The van der Waals surface area contributed by atoms with Crippen LogP contribution in [0, 0.1) is 0 Å². The quantitative estimate of drug-likeness (QED) is 0.844. The Labute approximate surface area is 120 Å². The molecule has 1 aliphatic heterocycles. The van der Waals surface area contributed by atoms with E-state index in [1.165, 1.54) is 16.8 Å².